The summed E-state index contributed by atoms with van der Waals surface area (Å²) < 4.78 is 22.7. The number of thiophene rings is 1. The summed E-state index contributed by atoms with van der Waals surface area (Å²) in [4.78, 5) is 0.871. The molecular formula is C9H13BrO3S2. The third kappa shape index (κ3) is 5.10. The van der Waals surface area contributed by atoms with E-state index in [-0.39, 0.29) is 5.75 Å². The summed E-state index contributed by atoms with van der Waals surface area (Å²) in [5.74, 6) is 0.136. The molecule has 86 valence electrons. The van der Waals surface area contributed by atoms with E-state index in [0.717, 1.165) is 8.66 Å². The van der Waals surface area contributed by atoms with Gasteiger partial charge in [-0.2, -0.15) is 0 Å². The lowest BCUT2D eigenvalue weighted by Gasteiger charge is -2.07. The van der Waals surface area contributed by atoms with Crippen molar-refractivity contribution in [1.82, 2.24) is 0 Å². The molecule has 0 radical (unpaired) electrons. The van der Waals surface area contributed by atoms with E-state index < -0.39 is 15.9 Å². The van der Waals surface area contributed by atoms with Crippen molar-refractivity contribution in [3.05, 3.63) is 20.8 Å². The van der Waals surface area contributed by atoms with Crippen LogP contribution < -0.4 is 0 Å². The summed E-state index contributed by atoms with van der Waals surface area (Å²) in [6.45, 7) is 0. The van der Waals surface area contributed by atoms with Crippen LogP contribution in [0.25, 0.3) is 0 Å². The quantitative estimate of drug-likeness (QED) is 0.908. The fraction of sp³-hybridized carbons (Fsp3) is 0.556. The summed E-state index contributed by atoms with van der Waals surface area (Å²) in [6, 6.07) is 3.72. The fourth-order valence-corrected chi connectivity index (χ4v) is 3.32. The topological polar surface area (TPSA) is 54.4 Å². The first-order chi connectivity index (χ1) is 6.88. The molecule has 1 N–H and O–H groups in total. The van der Waals surface area contributed by atoms with E-state index in [2.05, 4.69) is 15.9 Å². The molecule has 15 heavy (non-hydrogen) atoms. The molecule has 3 nitrogen and oxygen atoms in total. The summed E-state index contributed by atoms with van der Waals surface area (Å²) >= 11 is 4.78. The SMILES string of the molecule is CS(=O)(=O)CCCC(O)c1ccc(Br)s1. The summed E-state index contributed by atoms with van der Waals surface area (Å²) in [5, 5.41) is 9.73. The van der Waals surface area contributed by atoms with Crippen molar-refractivity contribution in [2.24, 2.45) is 0 Å². The molecule has 0 amide bonds. The van der Waals surface area contributed by atoms with Crippen molar-refractivity contribution < 1.29 is 13.5 Å². The van der Waals surface area contributed by atoms with Gasteiger partial charge < -0.3 is 5.11 Å². The van der Waals surface area contributed by atoms with Crippen LogP contribution in [-0.2, 0) is 9.84 Å². The highest BCUT2D eigenvalue weighted by Crippen LogP contribution is 2.29. The van der Waals surface area contributed by atoms with Gasteiger partial charge in [-0.05, 0) is 40.9 Å². The molecule has 0 saturated heterocycles. The van der Waals surface area contributed by atoms with E-state index in [1.807, 2.05) is 12.1 Å². The first kappa shape index (κ1) is 13.2. The van der Waals surface area contributed by atoms with Crippen molar-refractivity contribution in [2.45, 2.75) is 18.9 Å². The van der Waals surface area contributed by atoms with E-state index in [1.54, 1.807) is 0 Å². The van der Waals surface area contributed by atoms with Gasteiger partial charge in [-0.3, -0.25) is 0 Å². The minimum absolute atomic E-state index is 0.136. The Morgan fingerprint density at radius 1 is 1.53 bits per heavy atom. The maximum atomic E-state index is 10.9. The second-order valence-electron chi connectivity index (χ2n) is 3.43. The molecule has 0 aliphatic rings. The highest BCUT2D eigenvalue weighted by Gasteiger charge is 2.11. The van der Waals surface area contributed by atoms with Crippen molar-refractivity contribution in [3.8, 4) is 0 Å². The van der Waals surface area contributed by atoms with Crippen LogP contribution in [0.15, 0.2) is 15.9 Å². The minimum Gasteiger partial charge on any atom is -0.388 e. The normalized spacial score (nSPS) is 14.1. The first-order valence-electron chi connectivity index (χ1n) is 4.49. The van der Waals surface area contributed by atoms with Crippen LogP contribution in [0.1, 0.15) is 23.8 Å². The molecule has 0 bridgehead atoms. The van der Waals surface area contributed by atoms with Crippen molar-refractivity contribution in [2.75, 3.05) is 12.0 Å². The molecule has 6 heteroatoms. The molecule has 0 aromatic carbocycles. The number of rotatable bonds is 5. The molecule has 0 fully saturated rings. The Labute approximate surface area is 102 Å². The predicted octanol–water partition coefficient (Wildman–Crippen LogP) is 2.37. The molecular weight excluding hydrogens is 300 g/mol. The molecule has 1 rings (SSSR count). The van der Waals surface area contributed by atoms with Crippen LogP contribution in [0.3, 0.4) is 0 Å². The summed E-state index contributed by atoms with van der Waals surface area (Å²) in [5.41, 5.74) is 0. The molecule has 1 aromatic rings. The van der Waals surface area contributed by atoms with Gasteiger partial charge in [-0.1, -0.05) is 0 Å². The molecule has 0 saturated carbocycles. The lowest BCUT2D eigenvalue weighted by Crippen LogP contribution is -2.05. The molecule has 0 spiro atoms. The lowest BCUT2D eigenvalue weighted by molar-refractivity contribution is 0.170. The largest absolute Gasteiger partial charge is 0.388 e. The summed E-state index contributed by atoms with van der Waals surface area (Å²) in [6.07, 6.45) is 1.64. The monoisotopic (exact) mass is 312 g/mol. The van der Waals surface area contributed by atoms with Crippen LogP contribution >= 0.6 is 27.3 Å². The predicted molar refractivity (Wildman–Crippen MR) is 65.9 cm³/mol. The van der Waals surface area contributed by atoms with Crippen LogP contribution in [0.2, 0.25) is 0 Å². The van der Waals surface area contributed by atoms with Crippen LogP contribution in [0, 0.1) is 0 Å². The van der Waals surface area contributed by atoms with Crippen LogP contribution in [-0.4, -0.2) is 25.5 Å². The zero-order chi connectivity index (χ0) is 11.5. The van der Waals surface area contributed by atoms with E-state index >= 15 is 0 Å². The van der Waals surface area contributed by atoms with Gasteiger partial charge in [0.05, 0.1) is 9.89 Å². The Kier molecular flexibility index (Phi) is 4.76. The Hall–Kier alpha value is 0.0900. The molecule has 1 heterocycles. The van der Waals surface area contributed by atoms with Gasteiger partial charge in [-0.15, -0.1) is 11.3 Å². The van der Waals surface area contributed by atoms with Gasteiger partial charge in [0.1, 0.15) is 9.84 Å². The van der Waals surface area contributed by atoms with Crippen molar-refractivity contribution in [3.63, 3.8) is 0 Å². The number of hydrogen-bond acceptors (Lipinski definition) is 4. The Morgan fingerprint density at radius 2 is 2.20 bits per heavy atom. The number of aliphatic hydroxyl groups excluding tert-OH is 1. The Morgan fingerprint density at radius 3 is 2.67 bits per heavy atom. The zero-order valence-corrected chi connectivity index (χ0v) is 11.5. The van der Waals surface area contributed by atoms with Crippen LogP contribution in [0.5, 0.6) is 0 Å². The van der Waals surface area contributed by atoms with Crippen molar-refractivity contribution >= 4 is 37.1 Å². The van der Waals surface area contributed by atoms with E-state index in [0.29, 0.717) is 12.8 Å². The zero-order valence-electron chi connectivity index (χ0n) is 8.31. The summed E-state index contributed by atoms with van der Waals surface area (Å²) in [7, 11) is -2.91. The second-order valence-corrected chi connectivity index (χ2v) is 8.18. The Bertz CT molecular complexity index is 411. The average Bonchev–Trinajstić information content (AvgIpc) is 2.49. The first-order valence-corrected chi connectivity index (χ1v) is 8.16. The maximum absolute atomic E-state index is 10.9. The minimum atomic E-state index is -2.91. The second kappa shape index (κ2) is 5.43. The van der Waals surface area contributed by atoms with Gasteiger partial charge in [0.2, 0.25) is 0 Å². The van der Waals surface area contributed by atoms with E-state index in [1.165, 1.54) is 17.6 Å². The highest BCUT2D eigenvalue weighted by molar-refractivity contribution is 9.11. The number of sulfone groups is 1. The average molecular weight is 313 g/mol. The number of halogens is 1. The number of hydrogen-bond donors (Lipinski definition) is 1. The fourth-order valence-electron chi connectivity index (χ4n) is 1.19. The third-order valence-corrected chi connectivity index (χ3v) is 4.67. The molecule has 1 atom stereocenters. The van der Waals surface area contributed by atoms with Gasteiger partial charge >= 0.3 is 0 Å². The molecule has 1 unspecified atom stereocenters. The van der Waals surface area contributed by atoms with Crippen LogP contribution in [0.4, 0.5) is 0 Å². The molecule has 0 aliphatic heterocycles. The Balaban J connectivity index is 2.40. The maximum Gasteiger partial charge on any atom is 0.147 e. The molecule has 0 aliphatic carbocycles. The van der Waals surface area contributed by atoms with E-state index in [4.69, 9.17) is 0 Å². The smallest absolute Gasteiger partial charge is 0.147 e. The van der Waals surface area contributed by atoms with Gasteiger partial charge in [-0.25, -0.2) is 8.42 Å². The molecule has 1 aromatic heterocycles. The highest BCUT2D eigenvalue weighted by atomic mass is 79.9. The van der Waals surface area contributed by atoms with Gasteiger partial charge in [0.25, 0.3) is 0 Å². The van der Waals surface area contributed by atoms with Crippen molar-refractivity contribution in [1.29, 1.82) is 0 Å². The van der Waals surface area contributed by atoms with Gasteiger partial charge in [0.15, 0.2) is 0 Å². The number of aliphatic hydroxyl groups is 1. The standard InChI is InChI=1S/C9H13BrO3S2/c1-15(12,13)6-2-3-7(11)8-4-5-9(10)14-8/h4-5,7,11H,2-3,6H2,1H3. The third-order valence-electron chi connectivity index (χ3n) is 1.92. The van der Waals surface area contributed by atoms with Gasteiger partial charge in [0, 0.05) is 16.9 Å². The lowest BCUT2D eigenvalue weighted by atomic mass is 10.2. The van der Waals surface area contributed by atoms with E-state index in [9.17, 15) is 13.5 Å².